The zero-order valence-corrected chi connectivity index (χ0v) is 23.4. The van der Waals surface area contributed by atoms with Crippen LogP contribution >= 0.6 is 11.3 Å². The summed E-state index contributed by atoms with van der Waals surface area (Å²) in [4.78, 5) is 2.58. The first-order valence-electron chi connectivity index (χ1n) is 14.8. The summed E-state index contributed by atoms with van der Waals surface area (Å²) in [6, 6.07) is 40.3. The van der Waals surface area contributed by atoms with Crippen LogP contribution in [-0.2, 0) is 5.41 Å². The Morgan fingerprint density at radius 1 is 0.707 bits per heavy atom. The van der Waals surface area contributed by atoms with E-state index < -0.39 is 0 Å². The zero-order valence-electron chi connectivity index (χ0n) is 22.6. The van der Waals surface area contributed by atoms with Gasteiger partial charge in [0, 0.05) is 48.2 Å². The molecule has 2 aliphatic carbocycles. The monoisotopic (exact) mass is 543 g/mol. The Hall–Kier alpha value is -4.28. The van der Waals surface area contributed by atoms with Crippen molar-refractivity contribution in [1.29, 1.82) is 0 Å². The van der Waals surface area contributed by atoms with E-state index in [1.165, 1.54) is 85.0 Å². The van der Waals surface area contributed by atoms with Crippen LogP contribution in [0.1, 0.15) is 36.8 Å². The van der Waals surface area contributed by atoms with Crippen molar-refractivity contribution >= 4 is 66.2 Å². The average molecular weight is 544 g/mol. The molecule has 3 heterocycles. The number of allylic oxidation sites excluding steroid dienone is 1. The molecule has 1 aromatic heterocycles. The minimum absolute atomic E-state index is 0.0227. The fraction of sp³-hybridized carbons (Fsp3) is 0.135. The van der Waals surface area contributed by atoms with Crippen molar-refractivity contribution in [2.75, 3.05) is 4.90 Å². The smallest absolute Gasteiger partial charge is 0.252 e. The van der Waals surface area contributed by atoms with E-state index in [9.17, 15) is 0 Å². The third-order valence-electron chi connectivity index (χ3n) is 10.1. The van der Waals surface area contributed by atoms with Crippen LogP contribution < -0.4 is 20.6 Å². The molecule has 1 saturated carbocycles. The van der Waals surface area contributed by atoms with Gasteiger partial charge in [0.25, 0.3) is 6.71 Å². The minimum atomic E-state index is 0.0227. The molecule has 41 heavy (non-hydrogen) atoms. The van der Waals surface area contributed by atoms with Gasteiger partial charge in [0.2, 0.25) is 0 Å². The van der Waals surface area contributed by atoms with Gasteiger partial charge in [-0.3, -0.25) is 0 Å². The summed E-state index contributed by atoms with van der Waals surface area (Å²) in [6.07, 6.45) is 4.94. The van der Waals surface area contributed by atoms with Crippen LogP contribution in [-0.4, -0.2) is 6.71 Å². The minimum Gasteiger partial charge on any atom is -0.458 e. The highest BCUT2D eigenvalue weighted by Gasteiger charge is 2.56. The van der Waals surface area contributed by atoms with Gasteiger partial charge in [-0.05, 0) is 71.8 Å². The first-order valence-corrected chi connectivity index (χ1v) is 15.6. The summed E-state index contributed by atoms with van der Waals surface area (Å²) in [5.41, 5.74) is 11.1. The highest BCUT2D eigenvalue weighted by atomic mass is 32.1. The number of hydrogen-bond acceptors (Lipinski definition) is 3. The van der Waals surface area contributed by atoms with Gasteiger partial charge in [-0.25, -0.2) is 0 Å². The first-order chi connectivity index (χ1) is 20.3. The van der Waals surface area contributed by atoms with Crippen LogP contribution in [0.15, 0.2) is 115 Å². The molecule has 0 saturated heterocycles. The van der Waals surface area contributed by atoms with Crippen molar-refractivity contribution in [1.82, 2.24) is 0 Å². The van der Waals surface area contributed by atoms with Crippen molar-refractivity contribution in [3.05, 3.63) is 126 Å². The fourth-order valence-electron chi connectivity index (χ4n) is 8.59. The van der Waals surface area contributed by atoms with Gasteiger partial charge in [0.15, 0.2) is 0 Å². The topological polar surface area (TPSA) is 12.5 Å². The van der Waals surface area contributed by atoms with Crippen molar-refractivity contribution < 1.29 is 4.74 Å². The standard InChI is InChI=1S/C37H26BNOS/c1-2-11-23(12-3-1)39-27-15-10-17-29-34(27)38(26-14-5-6-16-28(26)40-29)36-35(39)33-25(37(36)21-8-9-22-37)19-20-31-32(33)24-13-4-7-18-30(24)41-31/h1-7,10-20H,8-9,21-22H2. The number of anilines is 2. The third-order valence-corrected chi connectivity index (χ3v) is 11.2. The van der Waals surface area contributed by atoms with Crippen molar-refractivity contribution in [2.45, 2.75) is 31.1 Å². The Bertz CT molecular complexity index is 2100. The molecule has 2 nitrogen and oxygen atoms in total. The molecular formula is C37H26BNOS. The summed E-state index contributed by atoms with van der Waals surface area (Å²) in [7, 11) is 0. The van der Waals surface area contributed by atoms with E-state index in [1.54, 1.807) is 5.47 Å². The largest absolute Gasteiger partial charge is 0.458 e. The molecule has 5 aromatic carbocycles. The third kappa shape index (κ3) is 2.74. The van der Waals surface area contributed by atoms with Crippen molar-refractivity contribution in [3.8, 4) is 11.5 Å². The Kier molecular flexibility index (Phi) is 4.33. The molecule has 0 unspecified atom stereocenters. The summed E-state index contributed by atoms with van der Waals surface area (Å²) < 4.78 is 9.40. The van der Waals surface area contributed by atoms with E-state index in [2.05, 4.69) is 114 Å². The van der Waals surface area contributed by atoms with Gasteiger partial charge in [-0.1, -0.05) is 85.0 Å². The molecule has 6 aromatic rings. The molecule has 1 fully saturated rings. The molecule has 0 amide bonds. The van der Waals surface area contributed by atoms with E-state index in [0.717, 1.165) is 11.5 Å². The molecule has 0 bridgehead atoms. The Labute approximate surface area is 243 Å². The predicted octanol–water partition coefficient (Wildman–Crippen LogP) is 8.70. The molecule has 0 radical (unpaired) electrons. The first kappa shape index (κ1) is 22.4. The normalized spacial score (nSPS) is 17.6. The van der Waals surface area contributed by atoms with Gasteiger partial charge in [0.05, 0.1) is 0 Å². The molecule has 10 rings (SSSR count). The number of hydrogen-bond donors (Lipinski definition) is 0. The maximum Gasteiger partial charge on any atom is 0.252 e. The molecule has 0 atom stereocenters. The maximum atomic E-state index is 6.65. The number of nitrogens with zero attached hydrogens (tertiary/aromatic N) is 1. The zero-order chi connectivity index (χ0) is 26.7. The van der Waals surface area contributed by atoms with Gasteiger partial charge < -0.3 is 9.64 Å². The number of para-hydroxylation sites is 2. The van der Waals surface area contributed by atoms with Crippen LogP contribution in [0.5, 0.6) is 11.5 Å². The lowest BCUT2D eigenvalue weighted by Gasteiger charge is -2.43. The maximum absolute atomic E-state index is 6.65. The number of ether oxygens (including phenoxy) is 1. The van der Waals surface area contributed by atoms with E-state index in [-0.39, 0.29) is 12.1 Å². The second-order valence-corrected chi connectivity index (χ2v) is 13.0. The number of benzene rings is 5. The molecule has 1 spiro atoms. The number of rotatable bonds is 1. The molecular weight excluding hydrogens is 517 g/mol. The van der Waals surface area contributed by atoms with Crippen LogP contribution in [0.3, 0.4) is 0 Å². The van der Waals surface area contributed by atoms with Gasteiger partial charge in [-0.15, -0.1) is 11.3 Å². The number of thiophene rings is 1. The Balaban J connectivity index is 1.42. The van der Waals surface area contributed by atoms with E-state index in [0.29, 0.717) is 0 Å². The van der Waals surface area contributed by atoms with Gasteiger partial charge >= 0.3 is 0 Å². The summed E-state index contributed by atoms with van der Waals surface area (Å²) in [5.74, 6) is 1.99. The lowest BCUT2D eigenvalue weighted by molar-refractivity contribution is 0.486. The van der Waals surface area contributed by atoms with Crippen molar-refractivity contribution in [3.63, 3.8) is 0 Å². The van der Waals surface area contributed by atoms with Crippen LogP contribution in [0.4, 0.5) is 11.4 Å². The molecule has 4 heteroatoms. The molecule has 2 aliphatic heterocycles. The van der Waals surface area contributed by atoms with Crippen LogP contribution in [0, 0.1) is 0 Å². The van der Waals surface area contributed by atoms with E-state index in [4.69, 9.17) is 4.74 Å². The fourth-order valence-corrected chi connectivity index (χ4v) is 9.70. The van der Waals surface area contributed by atoms with E-state index >= 15 is 0 Å². The second kappa shape index (κ2) is 7.93. The lowest BCUT2D eigenvalue weighted by Crippen LogP contribution is -2.55. The van der Waals surface area contributed by atoms with Crippen molar-refractivity contribution in [2.24, 2.45) is 0 Å². The lowest BCUT2D eigenvalue weighted by atomic mass is 9.30. The Morgan fingerprint density at radius 3 is 2.39 bits per heavy atom. The summed E-state index contributed by atoms with van der Waals surface area (Å²) in [5, 5.41) is 2.81. The van der Waals surface area contributed by atoms with Gasteiger partial charge in [-0.2, -0.15) is 0 Å². The summed E-state index contributed by atoms with van der Waals surface area (Å²) in [6.45, 7) is 0.173. The number of fused-ring (bicyclic) bond motifs is 11. The van der Waals surface area contributed by atoms with E-state index in [1.807, 2.05) is 11.3 Å². The summed E-state index contributed by atoms with van der Waals surface area (Å²) >= 11 is 1.93. The van der Waals surface area contributed by atoms with Crippen LogP contribution in [0.2, 0.25) is 0 Å². The van der Waals surface area contributed by atoms with Gasteiger partial charge in [0.1, 0.15) is 11.5 Å². The molecule has 194 valence electrons. The highest BCUT2D eigenvalue weighted by Crippen LogP contribution is 2.62. The van der Waals surface area contributed by atoms with Crippen LogP contribution in [0.25, 0.3) is 25.9 Å². The Morgan fingerprint density at radius 2 is 1.49 bits per heavy atom. The molecule has 0 N–H and O–H groups in total. The predicted molar refractivity (Wildman–Crippen MR) is 173 cm³/mol. The quantitative estimate of drug-likeness (QED) is 0.192. The second-order valence-electron chi connectivity index (χ2n) is 11.9. The SMILES string of the molecule is c1ccc(N2C3=C(B4c5ccccc5Oc5cccc2c54)C2(CCCC2)c2ccc4sc5ccccc5c4c23)cc1. The average Bonchev–Trinajstić information content (AvgIpc) is 3.73. The molecule has 4 aliphatic rings. The highest BCUT2D eigenvalue weighted by molar-refractivity contribution is 7.25.